The Bertz CT molecular complexity index is 233. The van der Waals surface area contributed by atoms with E-state index in [9.17, 15) is 0 Å². The van der Waals surface area contributed by atoms with Gasteiger partial charge in [0.15, 0.2) is 0 Å². The molecule has 1 aromatic rings. The molecular formula is C11H20N2S. The van der Waals surface area contributed by atoms with Gasteiger partial charge in [-0.3, -0.25) is 0 Å². The first kappa shape index (κ1) is 11.7. The second-order valence-electron chi connectivity index (χ2n) is 3.73. The zero-order valence-electron chi connectivity index (χ0n) is 9.29. The first-order valence-electron chi connectivity index (χ1n) is 5.41. The maximum atomic E-state index is 4.39. The van der Waals surface area contributed by atoms with Gasteiger partial charge in [-0.15, -0.1) is 11.3 Å². The summed E-state index contributed by atoms with van der Waals surface area (Å²) in [6.07, 6.45) is 2.37. The molecule has 0 fully saturated rings. The van der Waals surface area contributed by atoms with Crippen molar-refractivity contribution in [1.29, 1.82) is 0 Å². The number of aromatic nitrogens is 1. The van der Waals surface area contributed by atoms with Gasteiger partial charge in [0.2, 0.25) is 0 Å². The van der Waals surface area contributed by atoms with E-state index in [0.717, 1.165) is 6.54 Å². The molecule has 0 aliphatic rings. The van der Waals surface area contributed by atoms with E-state index in [2.05, 4.69) is 36.5 Å². The summed E-state index contributed by atoms with van der Waals surface area (Å²) in [6, 6.07) is 0.436. The quantitative estimate of drug-likeness (QED) is 0.783. The number of nitrogens with zero attached hydrogens (tertiary/aromatic N) is 1. The summed E-state index contributed by atoms with van der Waals surface area (Å²) in [5.74, 6) is 0.656. The van der Waals surface area contributed by atoms with Gasteiger partial charge in [0, 0.05) is 5.38 Å². The number of hydrogen-bond acceptors (Lipinski definition) is 3. The second-order valence-corrected chi connectivity index (χ2v) is 4.45. The van der Waals surface area contributed by atoms with Crippen LogP contribution in [0.3, 0.4) is 0 Å². The molecule has 0 bridgehead atoms. The summed E-state index contributed by atoms with van der Waals surface area (Å²) in [5, 5.41) is 5.72. The van der Waals surface area contributed by atoms with Crippen molar-refractivity contribution in [3.05, 3.63) is 16.6 Å². The van der Waals surface area contributed by atoms with Gasteiger partial charge in [0.25, 0.3) is 0 Å². The van der Waals surface area contributed by atoms with Crippen LogP contribution in [0.2, 0.25) is 0 Å². The van der Waals surface area contributed by atoms with E-state index in [-0.39, 0.29) is 0 Å². The summed E-state index contributed by atoms with van der Waals surface area (Å²) in [7, 11) is 0. The third-order valence-corrected chi connectivity index (χ3v) is 3.20. The van der Waals surface area contributed by atoms with E-state index in [4.69, 9.17) is 0 Å². The van der Waals surface area contributed by atoms with E-state index in [1.165, 1.54) is 18.5 Å². The van der Waals surface area contributed by atoms with Crippen LogP contribution in [-0.2, 0) is 0 Å². The van der Waals surface area contributed by atoms with Gasteiger partial charge in [0.1, 0.15) is 0 Å². The molecule has 2 nitrogen and oxygen atoms in total. The first-order chi connectivity index (χ1) is 6.79. The fourth-order valence-electron chi connectivity index (χ4n) is 1.51. The normalized spacial score (nSPS) is 15.4. The number of thiazole rings is 1. The standard InChI is InChI=1S/C11H20N2S/c1-4-6-12-11(9(3)5-2)10-7-14-8-13-10/h7-9,11-12H,4-6H2,1-3H3. The lowest BCUT2D eigenvalue weighted by atomic mass is 9.97. The molecule has 1 rings (SSSR count). The molecule has 0 aliphatic carbocycles. The molecule has 0 amide bonds. The number of hydrogen-bond donors (Lipinski definition) is 1. The predicted octanol–water partition coefficient (Wildman–Crippen LogP) is 3.23. The van der Waals surface area contributed by atoms with Crippen molar-refractivity contribution in [2.45, 2.75) is 39.7 Å². The van der Waals surface area contributed by atoms with Gasteiger partial charge in [-0.1, -0.05) is 27.2 Å². The average molecular weight is 212 g/mol. The van der Waals surface area contributed by atoms with Crippen molar-refractivity contribution in [1.82, 2.24) is 10.3 Å². The zero-order chi connectivity index (χ0) is 10.4. The topological polar surface area (TPSA) is 24.9 Å². The summed E-state index contributed by atoms with van der Waals surface area (Å²) < 4.78 is 0. The molecule has 0 aliphatic heterocycles. The second kappa shape index (κ2) is 6.14. The highest BCUT2D eigenvalue weighted by Crippen LogP contribution is 2.23. The van der Waals surface area contributed by atoms with Crippen molar-refractivity contribution in [3.63, 3.8) is 0 Å². The summed E-state index contributed by atoms with van der Waals surface area (Å²) >= 11 is 1.68. The SMILES string of the molecule is CCCNC(c1cscn1)C(C)CC. The molecule has 1 heterocycles. The Labute approximate surface area is 90.8 Å². The summed E-state index contributed by atoms with van der Waals surface area (Å²) in [6.45, 7) is 7.79. The third-order valence-electron chi connectivity index (χ3n) is 2.60. The smallest absolute Gasteiger partial charge is 0.0795 e. The summed E-state index contributed by atoms with van der Waals surface area (Å²) in [5.41, 5.74) is 3.12. The van der Waals surface area contributed by atoms with Crippen LogP contribution in [0.25, 0.3) is 0 Å². The molecule has 0 saturated carbocycles. The molecule has 1 N–H and O–H groups in total. The van der Waals surface area contributed by atoms with E-state index in [1.807, 2.05) is 5.51 Å². The monoisotopic (exact) mass is 212 g/mol. The predicted molar refractivity (Wildman–Crippen MR) is 62.6 cm³/mol. The molecule has 3 heteroatoms. The maximum Gasteiger partial charge on any atom is 0.0795 e. The van der Waals surface area contributed by atoms with Gasteiger partial charge in [-0.05, 0) is 18.9 Å². The highest BCUT2D eigenvalue weighted by Gasteiger charge is 2.18. The van der Waals surface area contributed by atoms with Gasteiger partial charge in [-0.2, -0.15) is 0 Å². The van der Waals surface area contributed by atoms with Crippen molar-refractivity contribution in [2.24, 2.45) is 5.92 Å². The minimum absolute atomic E-state index is 0.436. The van der Waals surface area contributed by atoms with Crippen molar-refractivity contribution >= 4 is 11.3 Å². The number of nitrogens with one attached hydrogen (secondary N) is 1. The lowest BCUT2D eigenvalue weighted by Gasteiger charge is -2.22. The molecule has 0 radical (unpaired) electrons. The molecule has 0 aromatic carbocycles. The van der Waals surface area contributed by atoms with Crippen molar-refractivity contribution in [3.8, 4) is 0 Å². The fraction of sp³-hybridized carbons (Fsp3) is 0.727. The van der Waals surface area contributed by atoms with Gasteiger partial charge in [0.05, 0.1) is 17.2 Å². The first-order valence-corrected chi connectivity index (χ1v) is 6.35. The Morgan fingerprint density at radius 1 is 1.50 bits per heavy atom. The minimum atomic E-state index is 0.436. The Hall–Kier alpha value is -0.410. The Morgan fingerprint density at radius 3 is 2.79 bits per heavy atom. The zero-order valence-corrected chi connectivity index (χ0v) is 10.1. The third kappa shape index (κ3) is 3.07. The van der Waals surface area contributed by atoms with Crippen LogP contribution in [0.4, 0.5) is 0 Å². The van der Waals surface area contributed by atoms with Crippen LogP contribution in [0.1, 0.15) is 45.3 Å². The van der Waals surface area contributed by atoms with Crippen molar-refractivity contribution < 1.29 is 0 Å². The van der Waals surface area contributed by atoms with Crippen LogP contribution in [0.5, 0.6) is 0 Å². The van der Waals surface area contributed by atoms with Gasteiger partial charge in [-0.25, -0.2) is 4.98 Å². The molecule has 80 valence electrons. The average Bonchev–Trinajstić information content (AvgIpc) is 2.71. The molecule has 0 saturated heterocycles. The van der Waals surface area contributed by atoms with E-state index in [1.54, 1.807) is 11.3 Å². The van der Waals surface area contributed by atoms with Crippen LogP contribution in [0.15, 0.2) is 10.9 Å². The molecule has 1 aromatic heterocycles. The lowest BCUT2D eigenvalue weighted by Crippen LogP contribution is -2.27. The van der Waals surface area contributed by atoms with Crippen LogP contribution >= 0.6 is 11.3 Å². The molecular weight excluding hydrogens is 192 g/mol. The lowest BCUT2D eigenvalue weighted by molar-refractivity contribution is 0.371. The van der Waals surface area contributed by atoms with Crippen molar-refractivity contribution in [2.75, 3.05) is 6.54 Å². The van der Waals surface area contributed by atoms with Gasteiger partial charge >= 0.3 is 0 Å². The summed E-state index contributed by atoms with van der Waals surface area (Å²) in [4.78, 5) is 4.39. The Morgan fingerprint density at radius 2 is 2.29 bits per heavy atom. The molecule has 2 atom stereocenters. The van der Waals surface area contributed by atoms with E-state index < -0.39 is 0 Å². The molecule has 0 spiro atoms. The van der Waals surface area contributed by atoms with E-state index >= 15 is 0 Å². The highest BCUT2D eigenvalue weighted by atomic mass is 32.1. The Balaban J connectivity index is 2.62. The van der Waals surface area contributed by atoms with Crippen LogP contribution < -0.4 is 5.32 Å². The molecule has 14 heavy (non-hydrogen) atoms. The van der Waals surface area contributed by atoms with Gasteiger partial charge < -0.3 is 5.32 Å². The van der Waals surface area contributed by atoms with Crippen LogP contribution in [0, 0.1) is 5.92 Å². The Kier molecular flexibility index (Phi) is 5.12. The highest BCUT2D eigenvalue weighted by molar-refractivity contribution is 7.07. The molecule has 2 unspecified atom stereocenters. The fourth-order valence-corrected chi connectivity index (χ4v) is 2.10. The number of rotatable bonds is 6. The van der Waals surface area contributed by atoms with E-state index in [0.29, 0.717) is 12.0 Å². The van der Waals surface area contributed by atoms with Crippen LogP contribution in [-0.4, -0.2) is 11.5 Å². The maximum absolute atomic E-state index is 4.39. The minimum Gasteiger partial charge on any atom is -0.308 e. The largest absolute Gasteiger partial charge is 0.308 e.